The average Bonchev–Trinajstić information content (AvgIpc) is 3.41. The van der Waals surface area contributed by atoms with Crippen molar-refractivity contribution in [3.63, 3.8) is 0 Å². The Morgan fingerprint density at radius 2 is 1.87 bits per heavy atom. The van der Waals surface area contributed by atoms with Crippen LogP contribution in [0.3, 0.4) is 0 Å². The lowest BCUT2D eigenvalue weighted by Crippen LogP contribution is -2.43. The monoisotopic (exact) mass is 417 g/mol. The molecule has 31 heavy (non-hydrogen) atoms. The van der Waals surface area contributed by atoms with Crippen LogP contribution in [0.2, 0.25) is 0 Å². The minimum Gasteiger partial charge on any atom is -0.360 e. The predicted molar refractivity (Wildman–Crippen MR) is 115 cm³/mol. The summed E-state index contributed by atoms with van der Waals surface area (Å²) < 4.78 is 6.18. The number of rotatable bonds is 5. The number of nitrogens with one attached hydrogen (secondary N) is 2. The van der Waals surface area contributed by atoms with E-state index in [4.69, 9.17) is 4.74 Å². The lowest BCUT2D eigenvalue weighted by molar-refractivity contribution is -0.132. The molecule has 4 atom stereocenters. The topological polar surface area (TPSA) is 87.7 Å². The minimum atomic E-state index is -0.771. The number of ether oxygens (including phenoxy) is 1. The second-order valence-electron chi connectivity index (χ2n) is 8.26. The van der Waals surface area contributed by atoms with Crippen molar-refractivity contribution in [3.05, 3.63) is 72.3 Å². The molecule has 7 nitrogen and oxygen atoms in total. The van der Waals surface area contributed by atoms with Crippen LogP contribution in [0.15, 0.2) is 66.7 Å². The number of amides is 3. The molecule has 2 saturated heterocycles. The van der Waals surface area contributed by atoms with Gasteiger partial charge < -0.3 is 20.3 Å². The van der Waals surface area contributed by atoms with Crippen LogP contribution in [-0.4, -0.2) is 36.0 Å². The van der Waals surface area contributed by atoms with Gasteiger partial charge in [-0.1, -0.05) is 42.5 Å². The summed E-state index contributed by atoms with van der Waals surface area (Å²) >= 11 is 0. The van der Waals surface area contributed by atoms with E-state index in [-0.39, 0.29) is 23.8 Å². The molecule has 0 unspecified atom stereocenters. The largest absolute Gasteiger partial charge is 0.360 e. The lowest BCUT2D eigenvalue weighted by atomic mass is 9.77. The van der Waals surface area contributed by atoms with Gasteiger partial charge in [0.15, 0.2) is 0 Å². The molecule has 0 saturated carbocycles. The number of anilines is 2. The first-order valence-corrected chi connectivity index (χ1v) is 10.3. The number of carbonyl (C=O) groups is 3. The molecule has 0 aliphatic carbocycles. The highest BCUT2D eigenvalue weighted by molar-refractivity contribution is 6.03. The summed E-state index contributed by atoms with van der Waals surface area (Å²) in [5, 5.41) is 5.69. The molecule has 3 aliphatic rings. The van der Waals surface area contributed by atoms with Gasteiger partial charge in [-0.15, -0.1) is 0 Å². The van der Waals surface area contributed by atoms with Crippen molar-refractivity contribution in [2.75, 3.05) is 16.8 Å². The molecule has 2 fully saturated rings. The Hall–Kier alpha value is -3.45. The van der Waals surface area contributed by atoms with Crippen molar-refractivity contribution in [1.82, 2.24) is 5.32 Å². The SMILES string of the molecule is CC(=O)Nc1ccc(N2C[C@]34C=C[C@H](O3)[C@@H](C(=O)NCc3ccccc3)[C@H]4C2=O)cc1. The van der Waals surface area contributed by atoms with Gasteiger partial charge in [0, 0.05) is 24.8 Å². The van der Waals surface area contributed by atoms with Gasteiger partial charge in [-0.2, -0.15) is 0 Å². The van der Waals surface area contributed by atoms with Crippen LogP contribution in [0.1, 0.15) is 12.5 Å². The van der Waals surface area contributed by atoms with E-state index in [1.165, 1.54) is 6.92 Å². The molecule has 158 valence electrons. The number of carbonyl (C=O) groups excluding carboxylic acids is 3. The molecule has 3 amide bonds. The number of benzene rings is 2. The van der Waals surface area contributed by atoms with Gasteiger partial charge in [-0.05, 0) is 29.8 Å². The average molecular weight is 417 g/mol. The molecular weight excluding hydrogens is 394 g/mol. The molecule has 0 aromatic heterocycles. The molecule has 3 heterocycles. The van der Waals surface area contributed by atoms with Crippen molar-refractivity contribution in [2.24, 2.45) is 11.8 Å². The first-order valence-electron chi connectivity index (χ1n) is 10.3. The summed E-state index contributed by atoms with van der Waals surface area (Å²) in [6.07, 6.45) is 3.46. The molecule has 5 rings (SSSR count). The van der Waals surface area contributed by atoms with Gasteiger partial charge in [0.1, 0.15) is 5.60 Å². The molecule has 7 heteroatoms. The Labute approximate surface area is 180 Å². The van der Waals surface area contributed by atoms with Crippen LogP contribution >= 0.6 is 0 Å². The molecule has 2 N–H and O–H groups in total. The molecule has 2 aromatic carbocycles. The Morgan fingerprint density at radius 3 is 2.58 bits per heavy atom. The van der Waals surface area contributed by atoms with Crippen molar-refractivity contribution in [2.45, 2.75) is 25.2 Å². The summed E-state index contributed by atoms with van der Waals surface area (Å²) in [5.74, 6) is -1.53. The number of fused-ring (bicyclic) bond motifs is 1. The lowest BCUT2D eigenvalue weighted by Gasteiger charge is -2.23. The van der Waals surface area contributed by atoms with Gasteiger partial charge >= 0.3 is 0 Å². The summed E-state index contributed by atoms with van der Waals surface area (Å²) in [7, 11) is 0. The van der Waals surface area contributed by atoms with E-state index in [0.717, 1.165) is 5.56 Å². The van der Waals surface area contributed by atoms with Gasteiger partial charge in [-0.3, -0.25) is 14.4 Å². The fourth-order valence-electron chi connectivity index (χ4n) is 4.85. The summed E-state index contributed by atoms with van der Waals surface area (Å²) in [6.45, 7) is 2.22. The van der Waals surface area contributed by atoms with Crippen molar-refractivity contribution in [3.8, 4) is 0 Å². The quantitative estimate of drug-likeness (QED) is 0.731. The van der Waals surface area contributed by atoms with Crippen LogP contribution in [0.5, 0.6) is 0 Å². The third kappa shape index (κ3) is 3.31. The van der Waals surface area contributed by atoms with E-state index in [0.29, 0.717) is 24.5 Å². The second-order valence-corrected chi connectivity index (χ2v) is 8.26. The molecule has 2 bridgehead atoms. The van der Waals surface area contributed by atoms with Gasteiger partial charge in [0.05, 0.1) is 24.5 Å². The van der Waals surface area contributed by atoms with E-state index < -0.39 is 17.4 Å². The molecular formula is C24H23N3O4. The third-order valence-corrected chi connectivity index (χ3v) is 6.21. The summed E-state index contributed by atoms with van der Waals surface area (Å²) in [6, 6.07) is 16.8. The smallest absolute Gasteiger partial charge is 0.234 e. The fourth-order valence-corrected chi connectivity index (χ4v) is 4.85. The predicted octanol–water partition coefficient (Wildman–Crippen LogP) is 2.25. The molecule has 0 radical (unpaired) electrons. The number of nitrogens with zero attached hydrogens (tertiary/aromatic N) is 1. The van der Waals surface area contributed by atoms with Crippen LogP contribution in [0.4, 0.5) is 11.4 Å². The number of hydrogen-bond donors (Lipinski definition) is 2. The Bertz CT molecular complexity index is 1070. The zero-order chi connectivity index (χ0) is 21.6. The maximum absolute atomic E-state index is 13.4. The first-order chi connectivity index (χ1) is 15.0. The van der Waals surface area contributed by atoms with Crippen molar-refractivity contribution < 1.29 is 19.1 Å². The zero-order valence-electron chi connectivity index (χ0n) is 17.1. The van der Waals surface area contributed by atoms with E-state index in [2.05, 4.69) is 10.6 Å². The maximum atomic E-state index is 13.4. The standard InChI is InChI=1S/C24H23N3O4/c1-15(28)26-17-7-9-18(10-8-17)27-14-24-12-11-19(31-24)20(21(24)23(27)30)22(29)25-13-16-5-3-2-4-6-16/h2-12,19-21H,13-14H2,1H3,(H,25,29)(H,26,28)/t19-,20+,21-,24-/m0/s1. The molecule has 2 aromatic rings. The van der Waals surface area contributed by atoms with Crippen molar-refractivity contribution >= 4 is 29.1 Å². The molecule has 1 spiro atoms. The fraction of sp³-hybridized carbons (Fsp3) is 0.292. The second kappa shape index (κ2) is 7.35. The highest BCUT2D eigenvalue weighted by Gasteiger charge is 2.67. The van der Waals surface area contributed by atoms with Gasteiger partial charge in [0.2, 0.25) is 17.7 Å². The van der Waals surface area contributed by atoms with E-state index in [9.17, 15) is 14.4 Å². The van der Waals surface area contributed by atoms with E-state index in [1.54, 1.807) is 29.2 Å². The van der Waals surface area contributed by atoms with Crippen LogP contribution < -0.4 is 15.5 Å². The maximum Gasteiger partial charge on any atom is 0.234 e. The molecule has 3 aliphatic heterocycles. The Balaban J connectivity index is 1.34. The van der Waals surface area contributed by atoms with Crippen molar-refractivity contribution in [1.29, 1.82) is 0 Å². The van der Waals surface area contributed by atoms with Crippen LogP contribution in [0, 0.1) is 11.8 Å². The zero-order valence-corrected chi connectivity index (χ0v) is 17.1. The normalized spacial score (nSPS) is 28.0. The summed E-state index contributed by atoms with van der Waals surface area (Å²) in [5.41, 5.74) is 1.61. The third-order valence-electron chi connectivity index (χ3n) is 6.21. The minimum absolute atomic E-state index is 0.112. The van der Waals surface area contributed by atoms with E-state index >= 15 is 0 Å². The first kappa shape index (κ1) is 19.5. The van der Waals surface area contributed by atoms with Gasteiger partial charge in [-0.25, -0.2) is 0 Å². The van der Waals surface area contributed by atoms with Crippen LogP contribution in [0.25, 0.3) is 0 Å². The number of hydrogen-bond acceptors (Lipinski definition) is 4. The Kier molecular flexibility index (Phi) is 4.63. The highest BCUT2D eigenvalue weighted by Crippen LogP contribution is 2.52. The summed E-state index contributed by atoms with van der Waals surface area (Å²) in [4.78, 5) is 39.3. The van der Waals surface area contributed by atoms with Crippen LogP contribution in [-0.2, 0) is 25.7 Å². The van der Waals surface area contributed by atoms with E-state index in [1.807, 2.05) is 42.5 Å². The van der Waals surface area contributed by atoms with Gasteiger partial charge in [0.25, 0.3) is 0 Å². The highest BCUT2D eigenvalue weighted by atomic mass is 16.5. The Morgan fingerprint density at radius 1 is 1.13 bits per heavy atom.